The number of nitrogens with one attached hydrogen (secondary N) is 1. The van der Waals surface area contributed by atoms with Crippen molar-refractivity contribution in [3.63, 3.8) is 0 Å². The van der Waals surface area contributed by atoms with Gasteiger partial charge >= 0.3 is 0 Å². The van der Waals surface area contributed by atoms with E-state index in [1.807, 2.05) is 33.8 Å². The van der Waals surface area contributed by atoms with Gasteiger partial charge in [0.25, 0.3) is 0 Å². The first-order chi connectivity index (χ1) is 9.79. The van der Waals surface area contributed by atoms with Crippen molar-refractivity contribution in [2.75, 3.05) is 5.43 Å². The molecule has 0 radical (unpaired) electrons. The van der Waals surface area contributed by atoms with Crippen LogP contribution in [0.3, 0.4) is 0 Å². The Morgan fingerprint density at radius 1 is 1.19 bits per heavy atom. The molecule has 0 unspecified atom stereocenters. The molecule has 0 bridgehead atoms. The first kappa shape index (κ1) is 15.5. The summed E-state index contributed by atoms with van der Waals surface area (Å²) in [5.41, 5.74) is 3.27. The van der Waals surface area contributed by atoms with Gasteiger partial charge in [0.15, 0.2) is 0 Å². The van der Waals surface area contributed by atoms with E-state index in [4.69, 9.17) is 22.2 Å². The van der Waals surface area contributed by atoms with Crippen molar-refractivity contribution in [2.24, 2.45) is 5.84 Å². The van der Waals surface area contributed by atoms with Gasteiger partial charge in [0.1, 0.15) is 17.4 Å². The number of nitrogen functional groups attached to an aromatic ring is 1. The van der Waals surface area contributed by atoms with E-state index in [-0.39, 0.29) is 5.41 Å². The van der Waals surface area contributed by atoms with Gasteiger partial charge < -0.3 is 10.2 Å². The van der Waals surface area contributed by atoms with Crippen LogP contribution in [0.15, 0.2) is 24.3 Å². The minimum Gasteiger partial charge on any atom is -0.439 e. The maximum Gasteiger partial charge on any atom is 0.224 e. The van der Waals surface area contributed by atoms with Gasteiger partial charge in [0.2, 0.25) is 5.88 Å². The summed E-state index contributed by atoms with van der Waals surface area (Å²) in [6, 6.07) is 7.10. The lowest BCUT2D eigenvalue weighted by Crippen LogP contribution is -2.19. The number of aryl methyl sites for hydroxylation is 1. The lowest BCUT2D eigenvalue weighted by molar-refractivity contribution is 0.446. The second-order valence-electron chi connectivity index (χ2n) is 5.82. The summed E-state index contributed by atoms with van der Waals surface area (Å²) in [6.07, 6.45) is 0. The highest BCUT2D eigenvalue weighted by molar-refractivity contribution is 6.31. The number of rotatable bonds is 3. The quantitative estimate of drug-likeness (QED) is 0.666. The Hall–Kier alpha value is -1.85. The summed E-state index contributed by atoms with van der Waals surface area (Å²) in [7, 11) is 0. The predicted octanol–water partition coefficient (Wildman–Crippen LogP) is 3.81. The highest BCUT2D eigenvalue weighted by atomic mass is 35.5. The van der Waals surface area contributed by atoms with Crippen molar-refractivity contribution in [2.45, 2.75) is 33.1 Å². The number of ether oxygens (including phenoxy) is 1. The van der Waals surface area contributed by atoms with Gasteiger partial charge in [-0.05, 0) is 30.7 Å². The summed E-state index contributed by atoms with van der Waals surface area (Å²) >= 11 is 6.01. The molecule has 0 saturated heterocycles. The SMILES string of the molecule is Cc1cc(Oc2cc(NN)nc(C(C)(C)C)n2)ccc1Cl. The predicted molar refractivity (Wildman–Crippen MR) is 84.8 cm³/mol. The fourth-order valence-electron chi connectivity index (χ4n) is 1.69. The fourth-order valence-corrected chi connectivity index (χ4v) is 1.81. The van der Waals surface area contributed by atoms with E-state index < -0.39 is 0 Å². The molecule has 0 aliphatic carbocycles. The van der Waals surface area contributed by atoms with Gasteiger partial charge in [-0.1, -0.05) is 32.4 Å². The van der Waals surface area contributed by atoms with Gasteiger partial charge in [-0.25, -0.2) is 10.8 Å². The molecule has 2 aromatic rings. The van der Waals surface area contributed by atoms with Crippen molar-refractivity contribution in [1.29, 1.82) is 0 Å². The number of hydrogen-bond donors (Lipinski definition) is 2. The summed E-state index contributed by atoms with van der Waals surface area (Å²) < 4.78 is 5.79. The topological polar surface area (TPSA) is 73.1 Å². The van der Waals surface area contributed by atoms with Gasteiger partial charge in [-0.15, -0.1) is 0 Å². The van der Waals surface area contributed by atoms with Crippen LogP contribution in [-0.4, -0.2) is 9.97 Å². The highest BCUT2D eigenvalue weighted by Gasteiger charge is 2.19. The Bertz CT molecular complexity index is 653. The van der Waals surface area contributed by atoms with Crippen LogP contribution in [0, 0.1) is 6.92 Å². The third-order valence-electron chi connectivity index (χ3n) is 2.87. The summed E-state index contributed by atoms with van der Waals surface area (Å²) in [5, 5.41) is 0.699. The lowest BCUT2D eigenvalue weighted by Gasteiger charge is -2.18. The maximum absolute atomic E-state index is 6.01. The van der Waals surface area contributed by atoms with E-state index in [0.29, 0.717) is 28.3 Å². The molecule has 1 aromatic carbocycles. The molecule has 6 heteroatoms. The molecule has 5 nitrogen and oxygen atoms in total. The van der Waals surface area contributed by atoms with Crippen LogP contribution in [-0.2, 0) is 5.41 Å². The molecule has 0 atom stereocenters. The van der Waals surface area contributed by atoms with E-state index in [0.717, 1.165) is 5.56 Å². The number of hydrazine groups is 1. The first-order valence-corrected chi connectivity index (χ1v) is 6.97. The zero-order valence-corrected chi connectivity index (χ0v) is 13.3. The van der Waals surface area contributed by atoms with Crippen molar-refractivity contribution >= 4 is 17.4 Å². The van der Waals surface area contributed by atoms with E-state index in [2.05, 4.69) is 15.4 Å². The molecule has 112 valence electrons. The van der Waals surface area contributed by atoms with E-state index in [1.54, 1.807) is 18.2 Å². The van der Waals surface area contributed by atoms with Gasteiger partial charge in [0.05, 0.1) is 0 Å². The zero-order chi connectivity index (χ0) is 15.6. The minimum atomic E-state index is -0.207. The summed E-state index contributed by atoms with van der Waals surface area (Å²) in [6.45, 7) is 8.00. The second-order valence-corrected chi connectivity index (χ2v) is 6.23. The average Bonchev–Trinajstić information content (AvgIpc) is 2.41. The maximum atomic E-state index is 6.01. The normalized spacial score (nSPS) is 11.3. The van der Waals surface area contributed by atoms with Gasteiger partial charge in [-0.2, -0.15) is 4.98 Å². The Morgan fingerprint density at radius 3 is 2.48 bits per heavy atom. The van der Waals surface area contributed by atoms with E-state index >= 15 is 0 Å². The monoisotopic (exact) mass is 306 g/mol. The smallest absolute Gasteiger partial charge is 0.224 e. The largest absolute Gasteiger partial charge is 0.439 e. The molecule has 0 aliphatic heterocycles. The van der Waals surface area contributed by atoms with Gasteiger partial charge in [0, 0.05) is 16.5 Å². The van der Waals surface area contributed by atoms with Crippen LogP contribution in [0.2, 0.25) is 5.02 Å². The number of anilines is 1. The second kappa shape index (κ2) is 5.87. The molecule has 3 N–H and O–H groups in total. The number of benzene rings is 1. The lowest BCUT2D eigenvalue weighted by atomic mass is 9.96. The molecule has 21 heavy (non-hydrogen) atoms. The number of nitrogens with zero attached hydrogens (tertiary/aromatic N) is 2. The van der Waals surface area contributed by atoms with Crippen LogP contribution < -0.4 is 16.0 Å². The molecule has 0 fully saturated rings. The van der Waals surface area contributed by atoms with E-state index in [1.165, 1.54) is 0 Å². The highest BCUT2D eigenvalue weighted by Crippen LogP contribution is 2.28. The van der Waals surface area contributed by atoms with Crippen molar-refractivity contribution in [3.05, 3.63) is 40.7 Å². The van der Waals surface area contributed by atoms with Crippen LogP contribution in [0.25, 0.3) is 0 Å². The molecule has 1 heterocycles. The van der Waals surface area contributed by atoms with Crippen LogP contribution in [0.4, 0.5) is 5.82 Å². The molecule has 0 aliphatic rings. The third kappa shape index (κ3) is 3.83. The molecule has 1 aromatic heterocycles. The number of halogens is 1. The van der Waals surface area contributed by atoms with Crippen LogP contribution in [0.1, 0.15) is 32.2 Å². The molecule has 0 amide bonds. The minimum absolute atomic E-state index is 0.207. The van der Waals surface area contributed by atoms with Gasteiger partial charge in [-0.3, -0.25) is 0 Å². The Morgan fingerprint density at radius 2 is 1.90 bits per heavy atom. The zero-order valence-electron chi connectivity index (χ0n) is 12.6. The number of nitrogens with two attached hydrogens (primary N) is 1. The fraction of sp³-hybridized carbons (Fsp3) is 0.333. The van der Waals surface area contributed by atoms with Crippen LogP contribution >= 0.6 is 11.6 Å². The molecule has 0 saturated carbocycles. The Balaban J connectivity index is 2.36. The van der Waals surface area contributed by atoms with Crippen molar-refractivity contribution in [3.8, 4) is 11.6 Å². The summed E-state index contributed by atoms with van der Waals surface area (Å²) in [5.74, 6) is 7.72. The standard InChI is InChI=1S/C15H19ClN4O/c1-9-7-10(5-6-11(9)16)21-13-8-12(20-17)18-14(19-13)15(2,3)4/h5-8H,17H2,1-4H3,(H,18,19,20). The molecule has 2 rings (SSSR count). The first-order valence-electron chi connectivity index (χ1n) is 6.60. The molecular weight excluding hydrogens is 288 g/mol. The number of aromatic nitrogens is 2. The van der Waals surface area contributed by atoms with E-state index in [9.17, 15) is 0 Å². The Labute approximate surface area is 129 Å². The van der Waals surface area contributed by atoms with Crippen LogP contribution in [0.5, 0.6) is 11.6 Å². The number of hydrogen-bond acceptors (Lipinski definition) is 5. The average molecular weight is 307 g/mol. The Kier molecular flexibility index (Phi) is 4.34. The third-order valence-corrected chi connectivity index (χ3v) is 3.30. The van der Waals surface area contributed by atoms with Crippen molar-refractivity contribution < 1.29 is 4.74 Å². The summed E-state index contributed by atoms with van der Waals surface area (Å²) in [4.78, 5) is 8.79. The van der Waals surface area contributed by atoms with Crippen molar-refractivity contribution in [1.82, 2.24) is 9.97 Å². The molecule has 0 spiro atoms. The molecular formula is C15H19ClN4O.